The van der Waals surface area contributed by atoms with Gasteiger partial charge in [-0.2, -0.15) is 0 Å². The molecule has 0 aromatic carbocycles. The average Bonchev–Trinajstić information content (AvgIpc) is 2.80. The summed E-state index contributed by atoms with van der Waals surface area (Å²) in [7, 11) is 0. The van der Waals surface area contributed by atoms with Gasteiger partial charge in [0, 0.05) is 6.54 Å². The fraction of sp³-hybridized carbons (Fsp3) is 0.300. The molecule has 5 nitrogen and oxygen atoms in total. The van der Waals surface area contributed by atoms with Crippen molar-refractivity contribution >= 4 is 17.3 Å². The standard InChI is InChI=1S/C10H12N4OS/c1-2-5-11-10-12-9(15)8(13-14-10)7-4-3-6-16-7/h3-4,6H,2,5H2,1H3,(H2,11,12,14,15). The fourth-order valence-electron chi connectivity index (χ4n) is 1.23. The van der Waals surface area contributed by atoms with Gasteiger partial charge in [0.2, 0.25) is 5.95 Å². The van der Waals surface area contributed by atoms with Crippen molar-refractivity contribution in [3.05, 3.63) is 27.9 Å². The summed E-state index contributed by atoms with van der Waals surface area (Å²) in [6.45, 7) is 2.81. The Balaban J connectivity index is 2.27. The lowest BCUT2D eigenvalue weighted by Gasteiger charge is -2.02. The predicted molar refractivity (Wildman–Crippen MR) is 64.7 cm³/mol. The maximum atomic E-state index is 11.7. The molecule has 0 fully saturated rings. The second-order valence-electron chi connectivity index (χ2n) is 3.26. The molecule has 2 heterocycles. The summed E-state index contributed by atoms with van der Waals surface area (Å²) in [4.78, 5) is 15.2. The van der Waals surface area contributed by atoms with Crippen LogP contribution in [-0.4, -0.2) is 21.7 Å². The van der Waals surface area contributed by atoms with Crippen molar-refractivity contribution in [3.63, 3.8) is 0 Å². The first-order valence-corrected chi connectivity index (χ1v) is 5.94. The summed E-state index contributed by atoms with van der Waals surface area (Å²) < 4.78 is 0. The third-order valence-corrected chi connectivity index (χ3v) is 2.87. The van der Waals surface area contributed by atoms with Gasteiger partial charge in [0.05, 0.1) is 4.88 Å². The van der Waals surface area contributed by atoms with E-state index in [1.165, 1.54) is 11.3 Å². The number of aromatic amines is 1. The number of thiophene rings is 1. The molecule has 0 aliphatic carbocycles. The third kappa shape index (κ3) is 2.27. The lowest BCUT2D eigenvalue weighted by Crippen LogP contribution is -2.16. The van der Waals surface area contributed by atoms with E-state index in [9.17, 15) is 4.79 Å². The van der Waals surface area contributed by atoms with Gasteiger partial charge in [-0.3, -0.25) is 9.78 Å². The van der Waals surface area contributed by atoms with Crippen LogP contribution in [-0.2, 0) is 0 Å². The highest BCUT2D eigenvalue weighted by molar-refractivity contribution is 7.13. The summed E-state index contributed by atoms with van der Waals surface area (Å²) in [5.41, 5.74) is 0.160. The number of aromatic nitrogens is 3. The second-order valence-corrected chi connectivity index (χ2v) is 4.20. The third-order valence-electron chi connectivity index (χ3n) is 1.99. The van der Waals surface area contributed by atoms with Crippen molar-refractivity contribution in [2.24, 2.45) is 0 Å². The van der Waals surface area contributed by atoms with Gasteiger partial charge in [0.1, 0.15) is 0 Å². The monoisotopic (exact) mass is 236 g/mol. The van der Waals surface area contributed by atoms with E-state index >= 15 is 0 Å². The zero-order valence-corrected chi connectivity index (χ0v) is 9.67. The van der Waals surface area contributed by atoms with E-state index in [-0.39, 0.29) is 5.56 Å². The van der Waals surface area contributed by atoms with E-state index < -0.39 is 0 Å². The van der Waals surface area contributed by atoms with E-state index in [4.69, 9.17) is 0 Å². The van der Waals surface area contributed by atoms with Gasteiger partial charge in [-0.25, -0.2) is 0 Å². The SMILES string of the molecule is CCCNc1nnc(-c2cccs2)c(=O)[nH]1. The van der Waals surface area contributed by atoms with Crippen molar-refractivity contribution in [1.29, 1.82) is 0 Å². The van der Waals surface area contributed by atoms with Crippen LogP contribution in [0.2, 0.25) is 0 Å². The van der Waals surface area contributed by atoms with Crippen LogP contribution < -0.4 is 10.9 Å². The van der Waals surface area contributed by atoms with Crippen LogP contribution in [0.5, 0.6) is 0 Å². The Morgan fingerprint density at radius 1 is 1.50 bits per heavy atom. The maximum Gasteiger partial charge on any atom is 0.279 e. The predicted octanol–water partition coefficient (Wildman–Crippen LogP) is 1.72. The largest absolute Gasteiger partial charge is 0.354 e. The minimum absolute atomic E-state index is 0.212. The molecule has 84 valence electrons. The van der Waals surface area contributed by atoms with Gasteiger partial charge in [0.15, 0.2) is 5.69 Å². The van der Waals surface area contributed by atoms with Crippen LogP contribution >= 0.6 is 11.3 Å². The van der Waals surface area contributed by atoms with Crippen molar-refractivity contribution in [1.82, 2.24) is 15.2 Å². The molecule has 0 spiro atoms. The van der Waals surface area contributed by atoms with Gasteiger partial charge in [-0.15, -0.1) is 21.5 Å². The quantitative estimate of drug-likeness (QED) is 0.848. The molecule has 2 N–H and O–H groups in total. The van der Waals surface area contributed by atoms with E-state index in [2.05, 4.69) is 20.5 Å². The number of anilines is 1. The first-order chi connectivity index (χ1) is 7.81. The first kappa shape index (κ1) is 10.8. The van der Waals surface area contributed by atoms with Crippen molar-refractivity contribution in [2.45, 2.75) is 13.3 Å². The van der Waals surface area contributed by atoms with Crippen molar-refractivity contribution in [3.8, 4) is 10.6 Å². The fourth-order valence-corrected chi connectivity index (χ4v) is 1.94. The highest BCUT2D eigenvalue weighted by atomic mass is 32.1. The van der Waals surface area contributed by atoms with E-state index in [0.717, 1.165) is 17.8 Å². The van der Waals surface area contributed by atoms with Crippen molar-refractivity contribution in [2.75, 3.05) is 11.9 Å². The van der Waals surface area contributed by atoms with Gasteiger partial charge in [-0.1, -0.05) is 13.0 Å². The minimum Gasteiger partial charge on any atom is -0.354 e. The number of rotatable bonds is 4. The molecule has 0 aliphatic rings. The molecule has 0 saturated heterocycles. The van der Waals surface area contributed by atoms with Crippen molar-refractivity contribution < 1.29 is 0 Å². The molecular weight excluding hydrogens is 224 g/mol. The van der Waals surface area contributed by atoms with Gasteiger partial charge in [-0.05, 0) is 17.9 Å². The molecule has 0 atom stereocenters. The summed E-state index contributed by atoms with van der Waals surface area (Å²) in [5, 5.41) is 12.7. The number of nitrogens with zero attached hydrogens (tertiary/aromatic N) is 2. The Morgan fingerprint density at radius 3 is 3.00 bits per heavy atom. The topological polar surface area (TPSA) is 70.7 Å². The zero-order valence-electron chi connectivity index (χ0n) is 8.86. The Bertz CT molecular complexity index is 506. The van der Waals surface area contributed by atoms with Crippen LogP contribution in [0.25, 0.3) is 10.6 Å². The second kappa shape index (κ2) is 4.89. The number of nitrogens with one attached hydrogen (secondary N) is 2. The van der Waals surface area contributed by atoms with Crippen LogP contribution in [0.1, 0.15) is 13.3 Å². The molecule has 0 unspecified atom stereocenters. The average molecular weight is 236 g/mol. The van der Waals surface area contributed by atoms with Crippen LogP contribution in [0.3, 0.4) is 0 Å². The van der Waals surface area contributed by atoms with Gasteiger partial charge >= 0.3 is 0 Å². The maximum absolute atomic E-state index is 11.7. The molecule has 0 amide bonds. The Morgan fingerprint density at radius 2 is 2.38 bits per heavy atom. The summed E-state index contributed by atoms with van der Waals surface area (Å²) >= 11 is 1.47. The summed E-state index contributed by atoms with van der Waals surface area (Å²) in [6, 6.07) is 3.73. The molecule has 2 aromatic heterocycles. The number of hydrogen-bond donors (Lipinski definition) is 2. The normalized spacial score (nSPS) is 10.3. The molecule has 0 saturated carbocycles. The lowest BCUT2D eigenvalue weighted by atomic mass is 10.4. The van der Waals surface area contributed by atoms with Crippen LogP contribution in [0, 0.1) is 0 Å². The van der Waals surface area contributed by atoms with Gasteiger partial charge < -0.3 is 5.32 Å². The molecular formula is C10H12N4OS. The molecule has 16 heavy (non-hydrogen) atoms. The highest BCUT2D eigenvalue weighted by Gasteiger charge is 2.07. The smallest absolute Gasteiger partial charge is 0.279 e. The summed E-state index contributed by atoms with van der Waals surface area (Å²) in [5.74, 6) is 0.423. The van der Waals surface area contributed by atoms with E-state index in [1.54, 1.807) is 0 Å². The molecule has 0 aliphatic heterocycles. The number of hydrogen-bond acceptors (Lipinski definition) is 5. The Kier molecular flexibility index (Phi) is 3.31. The Hall–Kier alpha value is -1.69. The molecule has 6 heteroatoms. The summed E-state index contributed by atoms with van der Waals surface area (Å²) in [6.07, 6.45) is 0.969. The molecule has 0 radical (unpaired) electrons. The lowest BCUT2D eigenvalue weighted by molar-refractivity contribution is 0.903. The Labute approximate surface area is 96.6 Å². The van der Waals surface area contributed by atoms with Crippen LogP contribution in [0.15, 0.2) is 22.3 Å². The van der Waals surface area contributed by atoms with Gasteiger partial charge in [0.25, 0.3) is 5.56 Å². The van der Waals surface area contributed by atoms with E-state index in [1.807, 2.05) is 24.4 Å². The molecule has 2 aromatic rings. The molecule has 2 rings (SSSR count). The highest BCUT2D eigenvalue weighted by Crippen LogP contribution is 2.18. The minimum atomic E-state index is -0.212. The number of H-pyrrole nitrogens is 1. The van der Waals surface area contributed by atoms with E-state index in [0.29, 0.717) is 11.6 Å². The van der Waals surface area contributed by atoms with Crippen LogP contribution in [0.4, 0.5) is 5.95 Å². The first-order valence-electron chi connectivity index (χ1n) is 5.06. The zero-order chi connectivity index (χ0) is 11.4. The molecule has 0 bridgehead atoms.